The van der Waals surface area contributed by atoms with Crippen LogP contribution in [0.25, 0.3) is 0 Å². The van der Waals surface area contributed by atoms with Crippen molar-refractivity contribution < 1.29 is 4.79 Å². The van der Waals surface area contributed by atoms with Gasteiger partial charge in [-0.15, -0.1) is 0 Å². The Labute approximate surface area is 88.7 Å². The molecule has 0 aromatic rings. The summed E-state index contributed by atoms with van der Waals surface area (Å²) in [7, 11) is 0. The predicted octanol–water partition coefficient (Wildman–Crippen LogP) is 3.67. The van der Waals surface area contributed by atoms with Gasteiger partial charge in [-0.25, -0.2) is 0 Å². The highest BCUT2D eigenvalue weighted by Crippen LogP contribution is 2.32. The van der Waals surface area contributed by atoms with Crippen LogP contribution in [0.4, 0.5) is 0 Å². The Morgan fingerprint density at radius 3 is 2.64 bits per heavy atom. The first-order chi connectivity index (χ1) is 6.74. The zero-order valence-corrected chi connectivity index (χ0v) is 9.67. The van der Waals surface area contributed by atoms with Crippen molar-refractivity contribution in [2.24, 2.45) is 5.92 Å². The lowest BCUT2D eigenvalue weighted by atomic mass is 9.39. The molecule has 80 valence electrons. The van der Waals surface area contributed by atoms with E-state index in [0.717, 1.165) is 37.6 Å². The number of rotatable bonds is 6. The third-order valence-corrected chi connectivity index (χ3v) is 3.89. The molecule has 0 radical (unpaired) electrons. The van der Waals surface area contributed by atoms with Crippen molar-refractivity contribution in [3.63, 3.8) is 0 Å². The third kappa shape index (κ3) is 3.85. The van der Waals surface area contributed by atoms with E-state index in [2.05, 4.69) is 13.7 Å². The molecule has 1 aliphatic rings. The molecule has 1 aliphatic carbocycles. The molecule has 0 N–H and O–H groups in total. The maximum absolute atomic E-state index is 10.3. The van der Waals surface area contributed by atoms with Crippen molar-refractivity contribution in [3.8, 4) is 0 Å². The minimum atomic E-state index is 0.723. The predicted molar refractivity (Wildman–Crippen MR) is 63.1 cm³/mol. The van der Waals surface area contributed by atoms with Gasteiger partial charge in [0.1, 0.15) is 13.0 Å². The molecule has 1 fully saturated rings. The number of aldehydes is 1. The summed E-state index contributed by atoms with van der Waals surface area (Å²) in [5.74, 6) is 1.71. The minimum Gasteiger partial charge on any atom is -0.303 e. The van der Waals surface area contributed by atoms with Gasteiger partial charge >= 0.3 is 0 Å². The molecule has 0 aromatic carbocycles. The van der Waals surface area contributed by atoms with E-state index in [0.29, 0.717) is 0 Å². The molecule has 0 aliphatic heterocycles. The highest BCUT2D eigenvalue weighted by molar-refractivity contribution is 6.58. The standard InChI is InChI=1S/C12H23BO/c1-11(6-5-9-14)13(2)10-12-7-3-4-8-12/h9,11-12H,3-8,10H2,1-2H3. The van der Waals surface area contributed by atoms with Gasteiger partial charge in [-0.1, -0.05) is 58.0 Å². The second kappa shape index (κ2) is 6.26. The quantitative estimate of drug-likeness (QED) is 0.465. The highest BCUT2D eigenvalue weighted by Gasteiger charge is 2.22. The van der Waals surface area contributed by atoms with E-state index >= 15 is 0 Å². The number of hydrogen-bond acceptors (Lipinski definition) is 1. The molecule has 0 saturated heterocycles. The zero-order chi connectivity index (χ0) is 10.4. The molecule has 0 bridgehead atoms. The van der Waals surface area contributed by atoms with E-state index in [4.69, 9.17) is 0 Å². The van der Waals surface area contributed by atoms with Crippen molar-refractivity contribution in [1.82, 2.24) is 0 Å². The average Bonchev–Trinajstić information content (AvgIpc) is 2.66. The molecule has 1 nitrogen and oxygen atoms in total. The first kappa shape index (κ1) is 11.8. The Balaban J connectivity index is 2.18. The molecule has 0 spiro atoms. The average molecular weight is 194 g/mol. The fourth-order valence-corrected chi connectivity index (χ4v) is 2.62. The lowest BCUT2D eigenvalue weighted by molar-refractivity contribution is -0.107. The van der Waals surface area contributed by atoms with Gasteiger partial charge < -0.3 is 4.79 Å². The molecule has 1 atom stereocenters. The van der Waals surface area contributed by atoms with E-state index in [1.807, 2.05) is 0 Å². The van der Waals surface area contributed by atoms with Gasteiger partial charge in [0.25, 0.3) is 0 Å². The number of carbonyl (C=O) groups is 1. The van der Waals surface area contributed by atoms with Crippen LogP contribution < -0.4 is 0 Å². The van der Waals surface area contributed by atoms with Gasteiger partial charge in [0.2, 0.25) is 0 Å². The molecular formula is C12H23BO. The molecule has 0 aromatic heterocycles. The van der Waals surface area contributed by atoms with Crippen LogP contribution in [0, 0.1) is 5.92 Å². The monoisotopic (exact) mass is 194 g/mol. The fraction of sp³-hybridized carbons (Fsp3) is 0.917. The molecule has 2 heteroatoms. The van der Waals surface area contributed by atoms with Crippen LogP contribution in [0.1, 0.15) is 45.4 Å². The maximum Gasteiger partial charge on any atom is 0.139 e. The van der Waals surface area contributed by atoms with E-state index in [1.54, 1.807) is 0 Å². The maximum atomic E-state index is 10.3. The summed E-state index contributed by atoms with van der Waals surface area (Å²) >= 11 is 0. The summed E-state index contributed by atoms with van der Waals surface area (Å²) in [6.45, 7) is 5.45. The summed E-state index contributed by atoms with van der Waals surface area (Å²) in [6, 6.07) is 0. The molecule has 1 saturated carbocycles. The van der Waals surface area contributed by atoms with E-state index in [1.165, 1.54) is 32.0 Å². The Morgan fingerprint density at radius 1 is 1.43 bits per heavy atom. The van der Waals surface area contributed by atoms with Crippen LogP contribution in [0.3, 0.4) is 0 Å². The third-order valence-electron chi connectivity index (χ3n) is 3.89. The first-order valence-electron chi connectivity index (χ1n) is 6.17. The van der Waals surface area contributed by atoms with Crippen molar-refractivity contribution in [1.29, 1.82) is 0 Å². The second-order valence-corrected chi connectivity index (χ2v) is 5.08. The topological polar surface area (TPSA) is 17.1 Å². The van der Waals surface area contributed by atoms with E-state index in [9.17, 15) is 4.79 Å². The Morgan fingerprint density at radius 2 is 2.07 bits per heavy atom. The van der Waals surface area contributed by atoms with Gasteiger partial charge in [-0.05, 0) is 5.92 Å². The first-order valence-corrected chi connectivity index (χ1v) is 6.17. The summed E-state index contributed by atoms with van der Waals surface area (Å²) < 4.78 is 0. The zero-order valence-electron chi connectivity index (χ0n) is 9.67. The van der Waals surface area contributed by atoms with Gasteiger partial charge in [0.05, 0.1) is 0 Å². The fourth-order valence-electron chi connectivity index (χ4n) is 2.62. The number of carbonyl (C=O) groups excluding carboxylic acids is 1. The molecule has 0 amide bonds. The molecule has 14 heavy (non-hydrogen) atoms. The second-order valence-electron chi connectivity index (χ2n) is 5.08. The normalized spacial score (nSPS) is 19.6. The van der Waals surface area contributed by atoms with Crippen LogP contribution >= 0.6 is 0 Å². The van der Waals surface area contributed by atoms with Crippen molar-refractivity contribution in [2.45, 2.75) is 64.4 Å². The largest absolute Gasteiger partial charge is 0.303 e. The lowest BCUT2D eigenvalue weighted by Gasteiger charge is -2.19. The molecule has 0 heterocycles. The summed E-state index contributed by atoms with van der Waals surface area (Å²) in [5, 5.41) is 0. The molecule has 1 unspecified atom stereocenters. The lowest BCUT2D eigenvalue weighted by Crippen LogP contribution is -2.17. The van der Waals surface area contributed by atoms with Crippen LogP contribution in [0.5, 0.6) is 0 Å². The summed E-state index contributed by atoms with van der Waals surface area (Å²) in [6.07, 6.45) is 10.1. The van der Waals surface area contributed by atoms with E-state index < -0.39 is 0 Å². The van der Waals surface area contributed by atoms with E-state index in [-0.39, 0.29) is 0 Å². The highest BCUT2D eigenvalue weighted by atomic mass is 16.1. The summed E-state index contributed by atoms with van der Waals surface area (Å²) in [4.78, 5) is 10.3. The van der Waals surface area contributed by atoms with Crippen LogP contribution in [0.2, 0.25) is 19.0 Å². The van der Waals surface area contributed by atoms with Crippen LogP contribution in [-0.4, -0.2) is 13.0 Å². The van der Waals surface area contributed by atoms with Gasteiger partial charge in [0.15, 0.2) is 0 Å². The Bertz CT molecular complexity index is 164. The Kier molecular flexibility index (Phi) is 5.28. The minimum absolute atomic E-state index is 0.723. The smallest absolute Gasteiger partial charge is 0.139 e. The van der Waals surface area contributed by atoms with Gasteiger partial charge in [-0.2, -0.15) is 0 Å². The number of hydrogen-bond donors (Lipinski definition) is 0. The van der Waals surface area contributed by atoms with Crippen molar-refractivity contribution in [2.75, 3.05) is 0 Å². The van der Waals surface area contributed by atoms with Crippen LogP contribution in [-0.2, 0) is 4.79 Å². The molecule has 1 rings (SSSR count). The van der Waals surface area contributed by atoms with Crippen molar-refractivity contribution in [3.05, 3.63) is 0 Å². The Hall–Kier alpha value is -0.265. The van der Waals surface area contributed by atoms with Gasteiger partial charge in [0, 0.05) is 6.42 Å². The van der Waals surface area contributed by atoms with Gasteiger partial charge in [-0.3, -0.25) is 0 Å². The summed E-state index contributed by atoms with van der Waals surface area (Å²) in [5.41, 5.74) is 0. The SMILES string of the molecule is CB(CC1CCCC1)C(C)CCC=O. The van der Waals surface area contributed by atoms with Crippen LogP contribution in [0.15, 0.2) is 0 Å². The van der Waals surface area contributed by atoms with Crippen molar-refractivity contribution >= 4 is 13.0 Å². The molecular weight excluding hydrogens is 171 g/mol.